The molecule has 0 aromatic heterocycles. The third-order valence-corrected chi connectivity index (χ3v) is 11.3. The Morgan fingerprint density at radius 1 is 1.04 bits per heavy atom. The first-order valence-electron chi connectivity index (χ1n) is 8.47. The summed E-state index contributed by atoms with van der Waals surface area (Å²) in [4.78, 5) is 0. The number of ether oxygens (including phenoxy) is 1. The van der Waals surface area contributed by atoms with Crippen molar-refractivity contribution in [3.8, 4) is 11.5 Å². The van der Waals surface area contributed by atoms with E-state index < -0.39 is 22.5 Å². The number of halogens is 1. The van der Waals surface area contributed by atoms with Gasteiger partial charge in [0.05, 0.1) is 6.61 Å². The molecule has 0 amide bonds. The highest BCUT2D eigenvalue weighted by atomic mass is 28.4. The van der Waals surface area contributed by atoms with Crippen molar-refractivity contribution in [3.05, 3.63) is 24.0 Å². The van der Waals surface area contributed by atoms with Crippen LogP contribution in [0.3, 0.4) is 0 Å². The molecule has 132 valence electrons. The number of rotatable bonds is 10. The molecule has 1 aromatic carbocycles. The first-order chi connectivity index (χ1) is 10.7. The predicted octanol–water partition coefficient (Wildman–Crippen LogP) is 5.53. The van der Waals surface area contributed by atoms with Crippen LogP contribution in [0.15, 0.2) is 18.2 Å². The van der Waals surface area contributed by atoms with Crippen LogP contribution in [0, 0.1) is 5.82 Å². The highest BCUT2D eigenvalue weighted by Gasteiger charge is 2.32. The van der Waals surface area contributed by atoms with Crippen molar-refractivity contribution in [2.45, 2.75) is 64.5 Å². The molecule has 0 fully saturated rings. The normalized spacial score (nSPS) is 12.4. The van der Waals surface area contributed by atoms with Gasteiger partial charge in [-0.25, -0.2) is 4.39 Å². The maximum absolute atomic E-state index is 13.2. The van der Waals surface area contributed by atoms with Crippen molar-refractivity contribution in [1.82, 2.24) is 0 Å². The minimum Gasteiger partial charge on any atom is -0.505 e. The third kappa shape index (κ3) is 7.99. The van der Waals surface area contributed by atoms with Crippen LogP contribution in [-0.2, 0) is 4.12 Å². The van der Waals surface area contributed by atoms with Gasteiger partial charge < -0.3 is 14.0 Å². The van der Waals surface area contributed by atoms with Crippen molar-refractivity contribution < 1.29 is 18.3 Å². The Bertz CT molecular complexity index is 493. The maximum Gasteiger partial charge on any atom is 0.173 e. The Hall–Kier alpha value is -0.856. The van der Waals surface area contributed by atoms with Gasteiger partial charge in [-0.15, -0.1) is 0 Å². The van der Waals surface area contributed by atoms with Crippen LogP contribution in [0.5, 0.6) is 11.5 Å². The summed E-state index contributed by atoms with van der Waals surface area (Å²) in [5.74, 6) is -0.541. The Balaban J connectivity index is 2.36. The highest BCUT2D eigenvalue weighted by molar-refractivity contribution is 6.84. The number of benzene rings is 1. The fourth-order valence-electron chi connectivity index (χ4n) is 2.72. The molecule has 1 rings (SSSR count). The molecule has 0 unspecified atom stereocenters. The van der Waals surface area contributed by atoms with Gasteiger partial charge in [0.2, 0.25) is 0 Å². The molecule has 1 aromatic rings. The van der Waals surface area contributed by atoms with E-state index in [1.54, 1.807) is 6.07 Å². The summed E-state index contributed by atoms with van der Waals surface area (Å²) in [6.45, 7) is 11.9. The minimum atomic E-state index is -1.68. The largest absolute Gasteiger partial charge is 0.505 e. The van der Waals surface area contributed by atoms with Gasteiger partial charge >= 0.3 is 0 Å². The fourth-order valence-corrected chi connectivity index (χ4v) is 11.7. The molecule has 0 atom stereocenters. The molecule has 0 spiro atoms. The fraction of sp³-hybridized carbons (Fsp3) is 0.647. The van der Waals surface area contributed by atoms with Crippen molar-refractivity contribution in [2.75, 3.05) is 6.61 Å². The minimum absolute atomic E-state index is 0.349. The van der Waals surface area contributed by atoms with Gasteiger partial charge in [0.25, 0.3) is 0 Å². The molecule has 0 aliphatic heterocycles. The second-order valence-electron chi connectivity index (χ2n) is 7.29. The van der Waals surface area contributed by atoms with Crippen LogP contribution < -0.4 is 4.74 Å². The van der Waals surface area contributed by atoms with E-state index in [1.807, 2.05) is 0 Å². The Labute approximate surface area is 142 Å². The average molecular weight is 359 g/mol. The predicted molar refractivity (Wildman–Crippen MR) is 98.7 cm³/mol. The van der Waals surface area contributed by atoms with Gasteiger partial charge in [-0.1, -0.05) is 19.8 Å². The standard InChI is InChI=1S/C17H31FO3Si2/c1-6-7-12-22(2,3)21-23(4,5)13-8-11-20-15-9-10-17(19)16(18)14-15/h9-10,14,19H,6-8,11-13H2,1-5H3. The second-order valence-corrected chi connectivity index (χ2v) is 16.1. The SMILES string of the molecule is CCCC[Si](C)(C)O[Si](C)(C)CCCOc1ccc(O)c(F)c1. The molecule has 23 heavy (non-hydrogen) atoms. The van der Waals surface area contributed by atoms with Gasteiger partial charge in [-0.05, 0) is 56.8 Å². The molecule has 3 nitrogen and oxygen atoms in total. The van der Waals surface area contributed by atoms with E-state index in [0.29, 0.717) is 12.4 Å². The quantitative estimate of drug-likeness (QED) is 0.441. The molecule has 0 aliphatic carbocycles. The zero-order chi connectivity index (χ0) is 17.5. The van der Waals surface area contributed by atoms with Gasteiger partial charge in [0.1, 0.15) is 5.75 Å². The molecule has 0 heterocycles. The lowest BCUT2D eigenvalue weighted by atomic mass is 10.3. The molecule has 0 saturated carbocycles. The van der Waals surface area contributed by atoms with Crippen molar-refractivity contribution in [2.24, 2.45) is 0 Å². The van der Waals surface area contributed by atoms with Crippen LogP contribution >= 0.6 is 0 Å². The van der Waals surface area contributed by atoms with E-state index in [0.717, 1.165) is 12.5 Å². The van der Waals surface area contributed by atoms with E-state index in [4.69, 9.17) is 14.0 Å². The monoisotopic (exact) mass is 358 g/mol. The maximum atomic E-state index is 13.2. The second kappa shape index (κ2) is 8.85. The summed E-state index contributed by atoms with van der Waals surface area (Å²) in [7, 11) is -3.23. The Morgan fingerprint density at radius 2 is 1.65 bits per heavy atom. The van der Waals surface area contributed by atoms with E-state index in [2.05, 4.69) is 33.1 Å². The molecule has 6 heteroatoms. The van der Waals surface area contributed by atoms with Crippen molar-refractivity contribution in [3.63, 3.8) is 0 Å². The number of phenols is 1. The molecular formula is C17H31FO3Si2. The number of phenolic OH excluding ortho intramolecular Hbond substituents is 1. The summed E-state index contributed by atoms with van der Waals surface area (Å²) in [5.41, 5.74) is 0. The van der Waals surface area contributed by atoms with E-state index in [-0.39, 0.29) is 5.75 Å². The number of aromatic hydroxyl groups is 1. The topological polar surface area (TPSA) is 38.7 Å². The summed E-state index contributed by atoms with van der Waals surface area (Å²) in [6.07, 6.45) is 3.37. The van der Waals surface area contributed by atoms with Crippen molar-refractivity contribution >= 4 is 16.6 Å². The van der Waals surface area contributed by atoms with Crippen LogP contribution in [-0.4, -0.2) is 28.3 Å². The summed E-state index contributed by atoms with van der Waals surface area (Å²) in [5, 5.41) is 9.15. The lowest BCUT2D eigenvalue weighted by Crippen LogP contribution is -2.44. The van der Waals surface area contributed by atoms with Crippen LogP contribution in [0.25, 0.3) is 0 Å². The smallest absolute Gasteiger partial charge is 0.173 e. The number of unbranched alkanes of at least 4 members (excludes halogenated alkanes) is 1. The molecule has 0 bridgehead atoms. The first-order valence-corrected chi connectivity index (χ1v) is 14.7. The summed E-state index contributed by atoms with van der Waals surface area (Å²) < 4.78 is 25.3. The number of hydrogen-bond acceptors (Lipinski definition) is 3. The Morgan fingerprint density at radius 3 is 2.22 bits per heavy atom. The highest BCUT2D eigenvalue weighted by Crippen LogP contribution is 2.25. The number of hydrogen-bond donors (Lipinski definition) is 1. The molecular weight excluding hydrogens is 327 g/mol. The Kier molecular flexibility index (Phi) is 7.76. The summed E-state index contributed by atoms with van der Waals surface area (Å²) >= 11 is 0. The lowest BCUT2D eigenvalue weighted by Gasteiger charge is -2.34. The zero-order valence-corrected chi connectivity index (χ0v) is 17.1. The van der Waals surface area contributed by atoms with Gasteiger partial charge in [0.15, 0.2) is 28.2 Å². The van der Waals surface area contributed by atoms with Crippen LogP contribution in [0.4, 0.5) is 4.39 Å². The lowest BCUT2D eigenvalue weighted by molar-refractivity contribution is 0.311. The first kappa shape index (κ1) is 20.2. The summed E-state index contributed by atoms with van der Waals surface area (Å²) in [6, 6.07) is 6.38. The molecule has 0 aliphatic rings. The van der Waals surface area contributed by atoms with E-state index >= 15 is 0 Å². The van der Waals surface area contributed by atoms with Crippen molar-refractivity contribution in [1.29, 1.82) is 0 Å². The van der Waals surface area contributed by atoms with E-state index in [9.17, 15) is 4.39 Å². The molecule has 0 saturated heterocycles. The van der Waals surface area contributed by atoms with E-state index in [1.165, 1.54) is 31.0 Å². The average Bonchev–Trinajstić information content (AvgIpc) is 2.44. The van der Waals surface area contributed by atoms with Gasteiger partial charge in [0, 0.05) is 6.07 Å². The zero-order valence-electron chi connectivity index (χ0n) is 15.1. The molecule has 1 N–H and O–H groups in total. The van der Waals surface area contributed by atoms with Gasteiger partial charge in [-0.2, -0.15) is 0 Å². The van der Waals surface area contributed by atoms with Crippen LogP contribution in [0.1, 0.15) is 26.2 Å². The molecule has 0 radical (unpaired) electrons. The van der Waals surface area contributed by atoms with Crippen LogP contribution in [0.2, 0.25) is 38.3 Å². The third-order valence-electron chi connectivity index (χ3n) is 3.80. The van der Waals surface area contributed by atoms with Gasteiger partial charge in [-0.3, -0.25) is 0 Å².